The maximum atomic E-state index is 11.4. The van der Waals surface area contributed by atoms with Crippen LogP contribution in [0.3, 0.4) is 0 Å². The molecule has 0 aliphatic rings. The van der Waals surface area contributed by atoms with Crippen LogP contribution in [0.2, 0.25) is 0 Å². The number of methoxy groups -OCH3 is 1. The summed E-state index contributed by atoms with van der Waals surface area (Å²) in [4.78, 5) is 22.1. The molecule has 0 radical (unpaired) electrons. The number of benzene rings is 1. The Bertz CT molecular complexity index is 408. The number of nitrogens with one attached hydrogen (secondary N) is 1. The van der Waals surface area contributed by atoms with E-state index >= 15 is 0 Å². The predicted molar refractivity (Wildman–Crippen MR) is 64.8 cm³/mol. The van der Waals surface area contributed by atoms with Gasteiger partial charge >= 0.3 is 12.1 Å². The van der Waals surface area contributed by atoms with E-state index in [0.717, 1.165) is 0 Å². The topological polar surface area (TPSA) is 64.6 Å². The summed E-state index contributed by atoms with van der Waals surface area (Å²) < 4.78 is 10.1. The van der Waals surface area contributed by atoms with Gasteiger partial charge in [-0.2, -0.15) is 0 Å². The number of ether oxygens (including phenoxy) is 2. The number of alkyl carbamates (subject to hydrolysis) is 1. The highest BCUT2D eigenvalue weighted by Gasteiger charge is 2.08. The molecule has 0 fully saturated rings. The Morgan fingerprint density at radius 1 is 1.35 bits per heavy atom. The fourth-order valence-corrected chi connectivity index (χ4v) is 1.41. The second-order valence-corrected chi connectivity index (χ2v) is 3.93. The van der Waals surface area contributed by atoms with Crippen molar-refractivity contribution in [3.63, 3.8) is 0 Å². The molecule has 0 unspecified atom stereocenters. The lowest BCUT2D eigenvalue weighted by Gasteiger charge is -2.06. The lowest BCUT2D eigenvalue weighted by atomic mass is 10.3. The Kier molecular flexibility index (Phi) is 5.48. The van der Waals surface area contributed by atoms with Gasteiger partial charge in [0.15, 0.2) is 0 Å². The van der Waals surface area contributed by atoms with Gasteiger partial charge in [0.25, 0.3) is 0 Å². The van der Waals surface area contributed by atoms with Crippen molar-refractivity contribution in [1.29, 1.82) is 0 Å². The Labute approximate surface area is 107 Å². The van der Waals surface area contributed by atoms with E-state index < -0.39 is 12.1 Å². The molecule has 0 aromatic heterocycles. The van der Waals surface area contributed by atoms with Crippen LogP contribution in [0.25, 0.3) is 0 Å². The average molecular weight is 302 g/mol. The van der Waals surface area contributed by atoms with Crippen LogP contribution >= 0.6 is 15.9 Å². The number of esters is 1. The summed E-state index contributed by atoms with van der Waals surface area (Å²) in [6, 6.07) is 7.03. The number of carbonyl (C=O) groups is 2. The molecule has 0 aliphatic carbocycles. The molecule has 1 aromatic rings. The molecular formula is C11H12BrNO4. The van der Waals surface area contributed by atoms with Crippen LogP contribution in [0.4, 0.5) is 4.79 Å². The first-order valence-electron chi connectivity index (χ1n) is 4.90. The summed E-state index contributed by atoms with van der Waals surface area (Å²) >= 11 is 3.26. The zero-order valence-corrected chi connectivity index (χ0v) is 10.8. The zero-order valence-electron chi connectivity index (χ0n) is 9.23. The van der Waals surface area contributed by atoms with E-state index in [1.54, 1.807) is 18.2 Å². The standard InChI is InChI=1S/C11H12BrNO4/c1-16-11(15)13-7-6-10(14)17-9-5-3-2-4-8(9)12/h2-5H,6-7H2,1H3,(H,13,15). The number of hydrogen-bond donors (Lipinski definition) is 1. The number of halogens is 1. The van der Waals surface area contributed by atoms with E-state index in [-0.39, 0.29) is 13.0 Å². The van der Waals surface area contributed by atoms with Gasteiger partial charge in [-0.15, -0.1) is 0 Å². The molecule has 92 valence electrons. The van der Waals surface area contributed by atoms with E-state index in [9.17, 15) is 9.59 Å². The van der Waals surface area contributed by atoms with Crippen molar-refractivity contribution in [2.45, 2.75) is 6.42 Å². The number of para-hydroxylation sites is 1. The van der Waals surface area contributed by atoms with Gasteiger partial charge in [-0.25, -0.2) is 4.79 Å². The molecule has 1 rings (SSSR count). The molecule has 17 heavy (non-hydrogen) atoms. The largest absolute Gasteiger partial charge is 0.453 e. The van der Waals surface area contributed by atoms with Crippen LogP contribution < -0.4 is 10.1 Å². The van der Waals surface area contributed by atoms with Crippen molar-refractivity contribution in [3.8, 4) is 5.75 Å². The Morgan fingerprint density at radius 2 is 2.06 bits per heavy atom. The third-order valence-electron chi connectivity index (χ3n) is 1.84. The van der Waals surface area contributed by atoms with Gasteiger partial charge in [0.05, 0.1) is 18.0 Å². The molecule has 0 heterocycles. The summed E-state index contributed by atoms with van der Waals surface area (Å²) in [6.07, 6.45) is -0.491. The normalized spacial score (nSPS) is 9.53. The van der Waals surface area contributed by atoms with Crippen molar-refractivity contribution < 1.29 is 19.1 Å². The van der Waals surface area contributed by atoms with Crippen LogP contribution in [-0.4, -0.2) is 25.7 Å². The van der Waals surface area contributed by atoms with E-state index in [0.29, 0.717) is 10.2 Å². The highest BCUT2D eigenvalue weighted by atomic mass is 79.9. The maximum Gasteiger partial charge on any atom is 0.406 e. The molecule has 0 aliphatic heterocycles. The molecule has 1 N–H and O–H groups in total. The number of hydrogen-bond acceptors (Lipinski definition) is 4. The first kappa shape index (κ1) is 13.5. The van der Waals surface area contributed by atoms with Gasteiger partial charge in [-0.05, 0) is 28.1 Å². The average Bonchev–Trinajstić information content (AvgIpc) is 2.32. The minimum Gasteiger partial charge on any atom is -0.453 e. The van der Waals surface area contributed by atoms with Crippen molar-refractivity contribution in [2.24, 2.45) is 0 Å². The molecule has 0 saturated carbocycles. The summed E-state index contributed by atoms with van der Waals surface area (Å²) in [5, 5.41) is 2.39. The van der Waals surface area contributed by atoms with E-state index in [1.165, 1.54) is 7.11 Å². The van der Waals surface area contributed by atoms with Crippen LogP contribution in [0.1, 0.15) is 6.42 Å². The van der Waals surface area contributed by atoms with Gasteiger partial charge < -0.3 is 14.8 Å². The van der Waals surface area contributed by atoms with Crippen molar-refractivity contribution in [2.75, 3.05) is 13.7 Å². The van der Waals surface area contributed by atoms with Crippen molar-refractivity contribution in [3.05, 3.63) is 28.7 Å². The second kappa shape index (κ2) is 6.90. The third kappa shape index (κ3) is 4.86. The highest BCUT2D eigenvalue weighted by Crippen LogP contribution is 2.23. The predicted octanol–water partition coefficient (Wildman–Crippen LogP) is 2.10. The molecule has 0 bridgehead atoms. The second-order valence-electron chi connectivity index (χ2n) is 3.07. The van der Waals surface area contributed by atoms with Crippen LogP contribution in [0, 0.1) is 0 Å². The molecule has 0 atom stereocenters. The Hall–Kier alpha value is -1.56. The summed E-state index contributed by atoms with van der Waals surface area (Å²) in [6.45, 7) is 0.177. The van der Waals surface area contributed by atoms with Gasteiger partial charge in [0.2, 0.25) is 0 Å². The molecular weight excluding hydrogens is 290 g/mol. The van der Waals surface area contributed by atoms with Gasteiger partial charge in [-0.1, -0.05) is 12.1 Å². The van der Waals surface area contributed by atoms with Crippen LogP contribution in [0.15, 0.2) is 28.7 Å². The maximum absolute atomic E-state index is 11.4. The lowest BCUT2D eigenvalue weighted by molar-refractivity contribution is -0.134. The fourth-order valence-electron chi connectivity index (χ4n) is 1.04. The minimum atomic E-state index is -0.571. The summed E-state index contributed by atoms with van der Waals surface area (Å²) in [5.74, 6) is 0.0314. The highest BCUT2D eigenvalue weighted by molar-refractivity contribution is 9.10. The van der Waals surface area contributed by atoms with Gasteiger partial charge in [0, 0.05) is 6.54 Å². The molecule has 1 amide bonds. The van der Waals surface area contributed by atoms with Gasteiger partial charge in [-0.3, -0.25) is 4.79 Å². The number of amides is 1. The first-order chi connectivity index (χ1) is 8.13. The minimum absolute atomic E-state index is 0.0798. The fraction of sp³-hybridized carbons (Fsp3) is 0.273. The quantitative estimate of drug-likeness (QED) is 0.683. The zero-order chi connectivity index (χ0) is 12.7. The van der Waals surface area contributed by atoms with Crippen molar-refractivity contribution >= 4 is 28.0 Å². The summed E-state index contributed by atoms with van der Waals surface area (Å²) in [7, 11) is 1.26. The van der Waals surface area contributed by atoms with E-state index in [1.807, 2.05) is 6.07 Å². The molecule has 6 heteroatoms. The van der Waals surface area contributed by atoms with Crippen LogP contribution in [0.5, 0.6) is 5.75 Å². The Balaban J connectivity index is 2.35. The molecule has 0 saturated heterocycles. The smallest absolute Gasteiger partial charge is 0.406 e. The lowest BCUT2D eigenvalue weighted by Crippen LogP contribution is -2.26. The number of carbonyl (C=O) groups excluding carboxylic acids is 2. The monoisotopic (exact) mass is 301 g/mol. The summed E-state index contributed by atoms with van der Waals surface area (Å²) in [5.41, 5.74) is 0. The third-order valence-corrected chi connectivity index (χ3v) is 2.50. The van der Waals surface area contributed by atoms with E-state index in [4.69, 9.17) is 4.74 Å². The van der Waals surface area contributed by atoms with Gasteiger partial charge in [0.1, 0.15) is 5.75 Å². The van der Waals surface area contributed by atoms with Crippen molar-refractivity contribution in [1.82, 2.24) is 5.32 Å². The molecule has 1 aromatic carbocycles. The van der Waals surface area contributed by atoms with E-state index in [2.05, 4.69) is 26.0 Å². The number of rotatable bonds is 4. The van der Waals surface area contributed by atoms with Crippen LogP contribution in [-0.2, 0) is 9.53 Å². The molecule has 5 nitrogen and oxygen atoms in total. The SMILES string of the molecule is COC(=O)NCCC(=O)Oc1ccccc1Br. The molecule has 0 spiro atoms. The Morgan fingerprint density at radius 3 is 2.71 bits per heavy atom. The first-order valence-corrected chi connectivity index (χ1v) is 5.70.